The van der Waals surface area contributed by atoms with Crippen molar-refractivity contribution in [3.8, 4) is 6.07 Å². The molecule has 0 radical (unpaired) electrons. The predicted molar refractivity (Wildman–Crippen MR) is 60.7 cm³/mol. The molecule has 6 nitrogen and oxygen atoms in total. The van der Waals surface area contributed by atoms with E-state index in [-0.39, 0.29) is 22.8 Å². The number of hydrogen-bond acceptors (Lipinski definition) is 4. The molecule has 0 atom stereocenters. The highest BCUT2D eigenvalue weighted by atomic mass is 35.5. The molecule has 0 aliphatic rings. The van der Waals surface area contributed by atoms with Gasteiger partial charge in [0.1, 0.15) is 11.6 Å². The molecule has 0 aliphatic carbocycles. The smallest absolute Gasteiger partial charge is 0.288 e. The van der Waals surface area contributed by atoms with Gasteiger partial charge < -0.3 is 4.90 Å². The molecule has 0 fully saturated rings. The summed E-state index contributed by atoms with van der Waals surface area (Å²) in [4.78, 5) is 22.9. The standard InChI is InChI=1S/C10H8ClN3O3/c1-13(5-4-12)10(15)7-2-3-8(11)9(6-7)14(16)17/h2-3,6H,5H2,1H3. The lowest BCUT2D eigenvalue weighted by atomic mass is 10.2. The molecule has 1 aromatic carbocycles. The van der Waals surface area contributed by atoms with Crippen LogP contribution < -0.4 is 0 Å². The number of halogens is 1. The second-order valence-electron chi connectivity index (χ2n) is 3.24. The van der Waals surface area contributed by atoms with E-state index in [9.17, 15) is 14.9 Å². The van der Waals surface area contributed by atoms with Gasteiger partial charge in [0.25, 0.3) is 11.6 Å². The van der Waals surface area contributed by atoms with Crippen LogP contribution in [-0.2, 0) is 0 Å². The first kappa shape index (κ1) is 12.9. The lowest BCUT2D eigenvalue weighted by Crippen LogP contribution is -2.26. The van der Waals surface area contributed by atoms with Crippen molar-refractivity contribution in [2.75, 3.05) is 13.6 Å². The Kier molecular flexibility index (Phi) is 4.01. The van der Waals surface area contributed by atoms with Crippen LogP contribution in [0.4, 0.5) is 5.69 Å². The van der Waals surface area contributed by atoms with Crippen molar-refractivity contribution in [2.45, 2.75) is 0 Å². The second-order valence-corrected chi connectivity index (χ2v) is 3.65. The summed E-state index contributed by atoms with van der Waals surface area (Å²) in [5, 5.41) is 19.0. The van der Waals surface area contributed by atoms with E-state index < -0.39 is 10.8 Å². The Hall–Kier alpha value is -2.13. The summed E-state index contributed by atoms with van der Waals surface area (Å²) >= 11 is 5.62. The van der Waals surface area contributed by atoms with Crippen LogP contribution >= 0.6 is 11.6 Å². The third-order valence-corrected chi connectivity index (χ3v) is 2.36. The van der Waals surface area contributed by atoms with Gasteiger partial charge in [-0.15, -0.1) is 0 Å². The second kappa shape index (κ2) is 5.27. The van der Waals surface area contributed by atoms with Crippen molar-refractivity contribution in [2.24, 2.45) is 0 Å². The number of amides is 1. The molecule has 0 bridgehead atoms. The zero-order valence-corrected chi connectivity index (χ0v) is 9.64. The van der Waals surface area contributed by atoms with Crippen LogP contribution in [0.25, 0.3) is 0 Å². The minimum atomic E-state index is -0.663. The molecule has 0 saturated carbocycles. The first-order valence-electron chi connectivity index (χ1n) is 4.53. The molecule has 88 valence electrons. The Labute approximate surface area is 102 Å². The van der Waals surface area contributed by atoms with Gasteiger partial charge in [-0.05, 0) is 12.1 Å². The van der Waals surface area contributed by atoms with Gasteiger partial charge in [0.2, 0.25) is 0 Å². The normalized spacial score (nSPS) is 9.47. The maximum absolute atomic E-state index is 11.7. The van der Waals surface area contributed by atoms with E-state index in [1.807, 2.05) is 6.07 Å². The first-order chi connectivity index (χ1) is 7.97. The molecule has 1 rings (SSSR count). The number of nitro benzene ring substituents is 1. The summed E-state index contributed by atoms with van der Waals surface area (Å²) in [6.45, 7) is -0.0880. The maximum atomic E-state index is 11.7. The molecule has 0 spiro atoms. The number of carbonyl (C=O) groups is 1. The van der Waals surface area contributed by atoms with Crippen LogP contribution in [0.3, 0.4) is 0 Å². The van der Waals surface area contributed by atoms with E-state index in [1.165, 1.54) is 19.2 Å². The average Bonchev–Trinajstić information content (AvgIpc) is 2.28. The van der Waals surface area contributed by atoms with Crippen molar-refractivity contribution in [3.63, 3.8) is 0 Å². The quantitative estimate of drug-likeness (QED) is 0.467. The minimum Gasteiger partial charge on any atom is -0.328 e. The zero-order valence-electron chi connectivity index (χ0n) is 8.88. The summed E-state index contributed by atoms with van der Waals surface area (Å²) in [6, 6.07) is 5.57. The Bertz CT molecular complexity index is 510. The maximum Gasteiger partial charge on any atom is 0.288 e. The van der Waals surface area contributed by atoms with Gasteiger partial charge in [-0.25, -0.2) is 0 Å². The monoisotopic (exact) mass is 253 g/mol. The highest BCUT2D eigenvalue weighted by Crippen LogP contribution is 2.25. The van der Waals surface area contributed by atoms with Gasteiger partial charge in [-0.2, -0.15) is 5.26 Å². The third-order valence-electron chi connectivity index (χ3n) is 2.04. The molecular weight excluding hydrogens is 246 g/mol. The largest absolute Gasteiger partial charge is 0.328 e. The fraction of sp³-hybridized carbons (Fsp3) is 0.200. The molecule has 0 aliphatic heterocycles. The number of rotatable bonds is 3. The molecule has 0 unspecified atom stereocenters. The Morgan fingerprint density at radius 1 is 1.65 bits per heavy atom. The van der Waals surface area contributed by atoms with E-state index in [1.54, 1.807) is 0 Å². The number of benzene rings is 1. The highest BCUT2D eigenvalue weighted by molar-refractivity contribution is 6.32. The summed E-state index contributed by atoms with van der Waals surface area (Å²) in [5.74, 6) is -0.466. The first-order valence-corrected chi connectivity index (χ1v) is 4.91. The Balaban J connectivity index is 3.08. The average molecular weight is 254 g/mol. The molecule has 17 heavy (non-hydrogen) atoms. The fourth-order valence-corrected chi connectivity index (χ4v) is 1.37. The summed E-state index contributed by atoms with van der Waals surface area (Å²) in [6.07, 6.45) is 0. The van der Waals surface area contributed by atoms with Gasteiger partial charge in [0, 0.05) is 18.7 Å². The molecule has 0 N–H and O–H groups in total. The van der Waals surface area contributed by atoms with Crippen molar-refractivity contribution < 1.29 is 9.72 Å². The Morgan fingerprint density at radius 3 is 2.82 bits per heavy atom. The fourth-order valence-electron chi connectivity index (χ4n) is 1.18. The zero-order chi connectivity index (χ0) is 13.0. The van der Waals surface area contributed by atoms with Crippen molar-refractivity contribution in [1.82, 2.24) is 4.90 Å². The molecule has 1 amide bonds. The number of nitro groups is 1. The van der Waals surface area contributed by atoms with Gasteiger partial charge in [-0.3, -0.25) is 14.9 Å². The lowest BCUT2D eigenvalue weighted by Gasteiger charge is -2.12. The van der Waals surface area contributed by atoms with Crippen LogP contribution in [0.15, 0.2) is 18.2 Å². The number of carbonyl (C=O) groups excluding carboxylic acids is 1. The van der Waals surface area contributed by atoms with Crippen LogP contribution in [0.1, 0.15) is 10.4 Å². The molecule has 0 aromatic heterocycles. The van der Waals surface area contributed by atoms with Gasteiger partial charge >= 0.3 is 0 Å². The number of nitriles is 1. The van der Waals surface area contributed by atoms with E-state index in [0.29, 0.717) is 0 Å². The van der Waals surface area contributed by atoms with Gasteiger partial charge in [0.15, 0.2) is 0 Å². The molecule has 0 saturated heterocycles. The van der Waals surface area contributed by atoms with Gasteiger partial charge in [0.05, 0.1) is 11.0 Å². The van der Waals surface area contributed by atoms with E-state index in [2.05, 4.69) is 0 Å². The van der Waals surface area contributed by atoms with Crippen LogP contribution in [0, 0.1) is 21.4 Å². The summed E-state index contributed by atoms with van der Waals surface area (Å²) in [7, 11) is 1.44. The SMILES string of the molecule is CN(CC#N)C(=O)c1ccc(Cl)c([N+](=O)[O-])c1. The lowest BCUT2D eigenvalue weighted by molar-refractivity contribution is -0.384. The molecular formula is C10H8ClN3O3. The summed E-state index contributed by atoms with van der Waals surface area (Å²) in [5.41, 5.74) is -0.207. The van der Waals surface area contributed by atoms with Crippen molar-refractivity contribution in [3.05, 3.63) is 38.9 Å². The number of hydrogen-bond donors (Lipinski definition) is 0. The topological polar surface area (TPSA) is 87.2 Å². The van der Waals surface area contributed by atoms with Crippen LogP contribution in [-0.4, -0.2) is 29.3 Å². The Morgan fingerprint density at radius 2 is 2.29 bits per heavy atom. The minimum absolute atomic E-state index is 0.0329. The van der Waals surface area contributed by atoms with Crippen molar-refractivity contribution in [1.29, 1.82) is 5.26 Å². The highest BCUT2D eigenvalue weighted by Gasteiger charge is 2.18. The van der Waals surface area contributed by atoms with Crippen LogP contribution in [0.5, 0.6) is 0 Å². The van der Waals surface area contributed by atoms with E-state index in [4.69, 9.17) is 16.9 Å². The molecule has 0 heterocycles. The van der Waals surface area contributed by atoms with E-state index >= 15 is 0 Å². The predicted octanol–water partition coefficient (Wildman–Crippen LogP) is 1.84. The van der Waals surface area contributed by atoms with Crippen molar-refractivity contribution >= 4 is 23.2 Å². The third kappa shape index (κ3) is 2.92. The van der Waals surface area contributed by atoms with Gasteiger partial charge in [-0.1, -0.05) is 11.6 Å². The number of nitrogens with zero attached hydrogens (tertiary/aromatic N) is 3. The van der Waals surface area contributed by atoms with E-state index in [0.717, 1.165) is 11.0 Å². The molecule has 7 heteroatoms. The summed E-state index contributed by atoms with van der Waals surface area (Å²) < 4.78 is 0. The van der Waals surface area contributed by atoms with Crippen LogP contribution in [0.2, 0.25) is 5.02 Å². The molecule has 1 aromatic rings.